The van der Waals surface area contributed by atoms with Crippen molar-refractivity contribution in [2.75, 3.05) is 10.6 Å². The first-order valence-corrected chi connectivity index (χ1v) is 6.62. The summed E-state index contributed by atoms with van der Waals surface area (Å²) in [5.41, 5.74) is 1.33. The van der Waals surface area contributed by atoms with Crippen molar-refractivity contribution in [1.29, 1.82) is 0 Å². The first-order valence-electron chi connectivity index (χ1n) is 6.62. The smallest absolute Gasteiger partial charge is 0.319 e. The average molecular weight is 278 g/mol. The Morgan fingerprint density at radius 3 is 1.30 bits per heavy atom. The molecule has 1 aromatic rings. The van der Waals surface area contributed by atoms with Gasteiger partial charge < -0.3 is 21.3 Å². The van der Waals surface area contributed by atoms with Gasteiger partial charge in [-0.25, -0.2) is 9.59 Å². The van der Waals surface area contributed by atoms with Crippen molar-refractivity contribution in [2.45, 2.75) is 39.8 Å². The first-order chi connectivity index (χ1) is 9.36. The highest BCUT2D eigenvalue weighted by atomic mass is 16.2. The molecule has 6 nitrogen and oxygen atoms in total. The van der Waals surface area contributed by atoms with E-state index in [0.29, 0.717) is 11.4 Å². The molecule has 0 fully saturated rings. The van der Waals surface area contributed by atoms with Gasteiger partial charge in [0.2, 0.25) is 0 Å². The quantitative estimate of drug-likeness (QED) is 0.683. The van der Waals surface area contributed by atoms with Gasteiger partial charge in [-0.05, 0) is 52.0 Å². The first kappa shape index (κ1) is 15.8. The maximum Gasteiger partial charge on any atom is 0.319 e. The summed E-state index contributed by atoms with van der Waals surface area (Å²) in [5.74, 6) is 0. The second-order valence-electron chi connectivity index (χ2n) is 5.08. The van der Waals surface area contributed by atoms with E-state index in [1.807, 2.05) is 27.7 Å². The van der Waals surface area contributed by atoms with Crippen LogP contribution in [0, 0.1) is 0 Å². The number of hydrogen-bond acceptors (Lipinski definition) is 2. The molecule has 0 aromatic heterocycles. The van der Waals surface area contributed by atoms with Crippen LogP contribution in [0.2, 0.25) is 0 Å². The lowest BCUT2D eigenvalue weighted by molar-refractivity contribution is 0.249. The summed E-state index contributed by atoms with van der Waals surface area (Å²) in [6.07, 6.45) is 0. The zero-order valence-electron chi connectivity index (χ0n) is 12.3. The van der Waals surface area contributed by atoms with E-state index in [4.69, 9.17) is 0 Å². The summed E-state index contributed by atoms with van der Waals surface area (Å²) >= 11 is 0. The van der Waals surface area contributed by atoms with E-state index in [9.17, 15) is 9.59 Å². The number of carbonyl (C=O) groups is 2. The van der Waals surface area contributed by atoms with Crippen molar-refractivity contribution in [1.82, 2.24) is 10.6 Å². The zero-order chi connectivity index (χ0) is 15.1. The van der Waals surface area contributed by atoms with Gasteiger partial charge in [-0.3, -0.25) is 0 Å². The lowest BCUT2D eigenvalue weighted by Crippen LogP contribution is -2.34. The Morgan fingerprint density at radius 2 is 1.05 bits per heavy atom. The highest BCUT2D eigenvalue weighted by molar-refractivity contribution is 5.91. The van der Waals surface area contributed by atoms with Crippen LogP contribution in [0.25, 0.3) is 0 Å². The Labute approximate surface area is 119 Å². The van der Waals surface area contributed by atoms with Crippen molar-refractivity contribution in [3.8, 4) is 0 Å². The van der Waals surface area contributed by atoms with E-state index >= 15 is 0 Å². The van der Waals surface area contributed by atoms with Crippen LogP contribution in [-0.4, -0.2) is 24.1 Å². The van der Waals surface area contributed by atoms with E-state index < -0.39 is 0 Å². The van der Waals surface area contributed by atoms with Gasteiger partial charge in [-0.15, -0.1) is 0 Å². The lowest BCUT2D eigenvalue weighted by Gasteiger charge is -2.12. The summed E-state index contributed by atoms with van der Waals surface area (Å²) in [4.78, 5) is 23.0. The fourth-order valence-electron chi connectivity index (χ4n) is 1.50. The normalized spacial score (nSPS) is 10.3. The number of rotatable bonds is 4. The predicted molar refractivity (Wildman–Crippen MR) is 81.0 cm³/mol. The van der Waals surface area contributed by atoms with Gasteiger partial charge in [0.1, 0.15) is 0 Å². The van der Waals surface area contributed by atoms with Crippen molar-refractivity contribution in [2.24, 2.45) is 0 Å². The molecule has 1 rings (SSSR count). The second kappa shape index (κ2) is 7.37. The molecule has 6 heteroatoms. The summed E-state index contributed by atoms with van der Waals surface area (Å²) in [5, 5.41) is 10.9. The molecule has 0 saturated carbocycles. The second-order valence-corrected chi connectivity index (χ2v) is 5.08. The Hall–Kier alpha value is -2.24. The topological polar surface area (TPSA) is 82.3 Å². The zero-order valence-corrected chi connectivity index (χ0v) is 12.3. The van der Waals surface area contributed by atoms with Gasteiger partial charge in [0, 0.05) is 23.5 Å². The maximum absolute atomic E-state index is 11.5. The third kappa shape index (κ3) is 6.08. The van der Waals surface area contributed by atoms with E-state index in [-0.39, 0.29) is 24.1 Å². The number of anilines is 2. The van der Waals surface area contributed by atoms with Gasteiger partial charge in [-0.2, -0.15) is 0 Å². The minimum Gasteiger partial charge on any atom is -0.336 e. The molecular weight excluding hydrogens is 256 g/mol. The Balaban J connectivity index is 2.52. The standard InChI is InChI=1S/C14H22N4O2/c1-9(2)15-13(19)17-11-5-7-12(8-6-11)18-14(20)16-10(3)4/h5-10H,1-4H3,(H2,15,17,19)(H2,16,18,20). The van der Waals surface area contributed by atoms with Crippen molar-refractivity contribution >= 4 is 23.4 Å². The molecule has 0 radical (unpaired) electrons. The fraction of sp³-hybridized carbons (Fsp3) is 0.429. The van der Waals surface area contributed by atoms with Crippen LogP contribution in [-0.2, 0) is 0 Å². The van der Waals surface area contributed by atoms with E-state index in [0.717, 1.165) is 0 Å². The van der Waals surface area contributed by atoms with Crippen LogP contribution >= 0.6 is 0 Å². The molecule has 110 valence electrons. The van der Waals surface area contributed by atoms with E-state index in [1.54, 1.807) is 24.3 Å². The van der Waals surface area contributed by atoms with Gasteiger partial charge >= 0.3 is 12.1 Å². The number of benzene rings is 1. The minimum atomic E-state index is -0.252. The molecule has 1 aromatic carbocycles. The molecule has 0 heterocycles. The third-order valence-corrected chi connectivity index (χ3v) is 2.24. The number of nitrogens with one attached hydrogen (secondary N) is 4. The molecule has 0 saturated heterocycles. The van der Waals surface area contributed by atoms with Crippen LogP contribution in [0.15, 0.2) is 24.3 Å². The SMILES string of the molecule is CC(C)NC(=O)Nc1ccc(NC(=O)NC(C)C)cc1. The number of carbonyl (C=O) groups excluding carboxylic acids is 2. The van der Waals surface area contributed by atoms with Crippen molar-refractivity contribution in [3.63, 3.8) is 0 Å². The van der Waals surface area contributed by atoms with Crippen LogP contribution in [0.3, 0.4) is 0 Å². The van der Waals surface area contributed by atoms with E-state index in [1.165, 1.54) is 0 Å². The summed E-state index contributed by atoms with van der Waals surface area (Å²) in [6, 6.07) is 6.56. The highest BCUT2D eigenvalue weighted by Gasteiger charge is 2.05. The molecule has 0 bridgehead atoms. The molecule has 0 spiro atoms. The minimum absolute atomic E-state index is 0.0793. The highest BCUT2D eigenvalue weighted by Crippen LogP contribution is 2.13. The Morgan fingerprint density at radius 1 is 0.750 bits per heavy atom. The van der Waals surface area contributed by atoms with E-state index in [2.05, 4.69) is 21.3 Å². The molecule has 4 amide bonds. The van der Waals surface area contributed by atoms with Crippen molar-refractivity contribution < 1.29 is 9.59 Å². The molecular formula is C14H22N4O2. The lowest BCUT2D eigenvalue weighted by atomic mass is 10.3. The number of hydrogen-bond donors (Lipinski definition) is 4. The van der Waals surface area contributed by atoms with Gasteiger partial charge in [0.25, 0.3) is 0 Å². The average Bonchev–Trinajstić information content (AvgIpc) is 2.29. The van der Waals surface area contributed by atoms with Gasteiger partial charge in [0.15, 0.2) is 0 Å². The molecule has 0 atom stereocenters. The number of amides is 4. The molecule has 0 aliphatic carbocycles. The van der Waals surface area contributed by atoms with Crippen LogP contribution < -0.4 is 21.3 Å². The van der Waals surface area contributed by atoms with Gasteiger partial charge in [-0.1, -0.05) is 0 Å². The molecule has 0 unspecified atom stereocenters. The summed E-state index contributed by atoms with van der Waals surface area (Å²) in [7, 11) is 0. The Kier molecular flexibility index (Phi) is 5.83. The summed E-state index contributed by atoms with van der Waals surface area (Å²) in [6.45, 7) is 7.56. The van der Waals surface area contributed by atoms with Crippen LogP contribution in [0.4, 0.5) is 21.0 Å². The third-order valence-electron chi connectivity index (χ3n) is 2.24. The monoisotopic (exact) mass is 278 g/mol. The predicted octanol–water partition coefficient (Wildman–Crippen LogP) is 2.75. The maximum atomic E-state index is 11.5. The van der Waals surface area contributed by atoms with Crippen LogP contribution in [0.5, 0.6) is 0 Å². The molecule has 0 aliphatic rings. The van der Waals surface area contributed by atoms with Crippen LogP contribution in [0.1, 0.15) is 27.7 Å². The molecule has 4 N–H and O–H groups in total. The number of urea groups is 2. The molecule has 20 heavy (non-hydrogen) atoms. The largest absolute Gasteiger partial charge is 0.336 e. The van der Waals surface area contributed by atoms with Gasteiger partial charge in [0.05, 0.1) is 0 Å². The fourth-order valence-corrected chi connectivity index (χ4v) is 1.50. The summed E-state index contributed by atoms with van der Waals surface area (Å²) < 4.78 is 0. The van der Waals surface area contributed by atoms with Crippen molar-refractivity contribution in [3.05, 3.63) is 24.3 Å². The Bertz CT molecular complexity index is 412. The molecule has 0 aliphatic heterocycles.